The fraction of sp³-hybridized carbons (Fsp3) is 0.923. The Bertz CT molecular complexity index is 432. The standard InChI is InChI=1S/C13H25N3O3S/c1-14-13(17)12-3-2-9-16(12)20(18,19)10-6-11-4-7-15-8-5-11/h11-12,15H,2-10H2,1H3,(H,14,17). The molecule has 6 nitrogen and oxygen atoms in total. The van der Waals surface area contributed by atoms with Gasteiger partial charge in [-0.15, -0.1) is 0 Å². The number of rotatable bonds is 5. The molecule has 7 heteroatoms. The first-order valence-corrected chi connectivity index (χ1v) is 9.07. The van der Waals surface area contributed by atoms with Crippen molar-refractivity contribution in [1.82, 2.24) is 14.9 Å². The van der Waals surface area contributed by atoms with Gasteiger partial charge >= 0.3 is 0 Å². The molecule has 2 aliphatic rings. The minimum Gasteiger partial charge on any atom is -0.358 e. The molecule has 0 saturated carbocycles. The number of sulfonamides is 1. The van der Waals surface area contributed by atoms with Crippen molar-refractivity contribution in [2.24, 2.45) is 5.92 Å². The van der Waals surface area contributed by atoms with E-state index in [9.17, 15) is 13.2 Å². The van der Waals surface area contributed by atoms with E-state index in [4.69, 9.17) is 0 Å². The Balaban J connectivity index is 1.93. The van der Waals surface area contributed by atoms with Crippen LogP contribution in [0.1, 0.15) is 32.1 Å². The summed E-state index contributed by atoms with van der Waals surface area (Å²) in [5.41, 5.74) is 0. The van der Waals surface area contributed by atoms with Crippen LogP contribution in [0, 0.1) is 5.92 Å². The average molecular weight is 303 g/mol. The highest BCUT2D eigenvalue weighted by atomic mass is 32.2. The van der Waals surface area contributed by atoms with Crippen LogP contribution in [-0.2, 0) is 14.8 Å². The van der Waals surface area contributed by atoms with Crippen LogP contribution < -0.4 is 10.6 Å². The van der Waals surface area contributed by atoms with E-state index in [1.807, 2.05) is 0 Å². The van der Waals surface area contributed by atoms with Crippen molar-refractivity contribution in [2.45, 2.75) is 38.1 Å². The summed E-state index contributed by atoms with van der Waals surface area (Å²) >= 11 is 0. The van der Waals surface area contributed by atoms with E-state index < -0.39 is 16.1 Å². The van der Waals surface area contributed by atoms with Crippen LogP contribution in [0.2, 0.25) is 0 Å². The highest BCUT2D eigenvalue weighted by Crippen LogP contribution is 2.24. The Morgan fingerprint density at radius 1 is 1.30 bits per heavy atom. The molecule has 2 saturated heterocycles. The molecule has 2 fully saturated rings. The molecule has 2 aliphatic heterocycles. The van der Waals surface area contributed by atoms with Crippen LogP contribution in [-0.4, -0.2) is 57.1 Å². The van der Waals surface area contributed by atoms with Gasteiger partial charge in [0, 0.05) is 13.6 Å². The first kappa shape index (κ1) is 15.7. The summed E-state index contributed by atoms with van der Waals surface area (Å²) in [5, 5.41) is 5.84. The Labute approximate surface area is 121 Å². The van der Waals surface area contributed by atoms with E-state index in [1.54, 1.807) is 7.05 Å². The SMILES string of the molecule is CNC(=O)C1CCCN1S(=O)(=O)CCC1CCNCC1. The molecule has 0 aromatic carbocycles. The second-order valence-electron chi connectivity index (χ2n) is 5.68. The summed E-state index contributed by atoms with van der Waals surface area (Å²) in [6.45, 7) is 2.44. The van der Waals surface area contributed by atoms with Gasteiger partial charge in [-0.3, -0.25) is 4.79 Å². The topological polar surface area (TPSA) is 78.5 Å². The smallest absolute Gasteiger partial charge is 0.238 e. The molecule has 1 atom stereocenters. The fourth-order valence-electron chi connectivity index (χ4n) is 3.10. The monoisotopic (exact) mass is 303 g/mol. The van der Waals surface area contributed by atoms with Crippen molar-refractivity contribution in [3.05, 3.63) is 0 Å². The summed E-state index contributed by atoms with van der Waals surface area (Å²) < 4.78 is 26.3. The number of likely N-dealkylation sites (N-methyl/N-ethyl adjacent to an activating group) is 1. The van der Waals surface area contributed by atoms with E-state index in [1.165, 1.54) is 4.31 Å². The Hall–Kier alpha value is -0.660. The van der Waals surface area contributed by atoms with Crippen molar-refractivity contribution in [3.63, 3.8) is 0 Å². The minimum absolute atomic E-state index is 0.172. The minimum atomic E-state index is -3.31. The third-order valence-corrected chi connectivity index (χ3v) is 6.26. The highest BCUT2D eigenvalue weighted by molar-refractivity contribution is 7.89. The second-order valence-corrected chi connectivity index (χ2v) is 7.72. The van der Waals surface area contributed by atoms with E-state index in [0.29, 0.717) is 25.3 Å². The Morgan fingerprint density at radius 2 is 2.00 bits per heavy atom. The zero-order chi connectivity index (χ0) is 14.6. The van der Waals surface area contributed by atoms with Gasteiger partial charge < -0.3 is 10.6 Å². The van der Waals surface area contributed by atoms with Gasteiger partial charge in [-0.2, -0.15) is 4.31 Å². The molecule has 0 aromatic heterocycles. The van der Waals surface area contributed by atoms with Crippen molar-refractivity contribution in [3.8, 4) is 0 Å². The molecule has 20 heavy (non-hydrogen) atoms. The van der Waals surface area contributed by atoms with Crippen LogP contribution in [0.4, 0.5) is 0 Å². The summed E-state index contributed by atoms with van der Waals surface area (Å²) in [6.07, 6.45) is 4.21. The van der Waals surface area contributed by atoms with Gasteiger partial charge in [0.25, 0.3) is 0 Å². The number of nitrogens with one attached hydrogen (secondary N) is 2. The summed E-state index contributed by atoms with van der Waals surface area (Å²) in [5.74, 6) is 0.477. The van der Waals surface area contributed by atoms with Crippen LogP contribution in [0.15, 0.2) is 0 Å². The van der Waals surface area contributed by atoms with E-state index in [2.05, 4.69) is 10.6 Å². The number of nitrogens with zero attached hydrogens (tertiary/aromatic N) is 1. The lowest BCUT2D eigenvalue weighted by Crippen LogP contribution is -2.45. The van der Waals surface area contributed by atoms with Gasteiger partial charge in [-0.1, -0.05) is 0 Å². The maximum atomic E-state index is 12.4. The largest absolute Gasteiger partial charge is 0.358 e. The summed E-state index contributed by atoms with van der Waals surface area (Å²) in [6, 6.07) is -0.502. The molecule has 1 unspecified atom stereocenters. The molecule has 0 aromatic rings. The van der Waals surface area contributed by atoms with Gasteiger partial charge in [-0.05, 0) is 51.1 Å². The molecule has 0 aliphatic carbocycles. The first-order chi connectivity index (χ1) is 9.54. The molecule has 2 N–H and O–H groups in total. The third-order valence-electron chi connectivity index (χ3n) is 4.35. The molecular formula is C13H25N3O3S. The average Bonchev–Trinajstić information content (AvgIpc) is 2.96. The molecule has 2 rings (SSSR count). The molecule has 0 spiro atoms. The third kappa shape index (κ3) is 3.71. The van der Waals surface area contributed by atoms with Crippen LogP contribution >= 0.6 is 0 Å². The predicted octanol–water partition coefficient (Wildman–Crippen LogP) is -0.0837. The Kier molecular flexibility index (Phi) is 5.40. The van der Waals surface area contributed by atoms with Crippen molar-refractivity contribution in [1.29, 1.82) is 0 Å². The van der Waals surface area contributed by atoms with Crippen molar-refractivity contribution >= 4 is 15.9 Å². The number of carbonyl (C=O) groups excluding carboxylic acids is 1. The van der Waals surface area contributed by atoms with Gasteiger partial charge in [0.2, 0.25) is 15.9 Å². The van der Waals surface area contributed by atoms with Crippen LogP contribution in [0.25, 0.3) is 0 Å². The molecular weight excluding hydrogens is 278 g/mol. The van der Waals surface area contributed by atoms with E-state index in [0.717, 1.165) is 32.4 Å². The van der Waals surface area contributed by atoms with Crippen LogP contribution in [0.5, 0.6) is 0 Å². The molecule has 0 bridgehead atoms. The first-order valence-electron chi connectivity index (χ1n) is 7.46. The molecule has 0 radical (unpaired) electrons. The number of amides is 1. The maximum absolute atomic E-state index is 12.4. The number of hydrogen-bond donors (Lipinski definition) is 2. The van der Waals surface area contributed by atoms with E-state index in [-0.39, 0.29) is 11.7 Å². The lowest BCUT2D eigenvalue weighted by molar-refractivity contribution is -0.123. The number of hydrogen-bond acceptors (Lipinski definition) is 4. The van der Waals surface area contributed by atoms with Gasteiger partial charge in [0.1, 0.15) is 6.04 Å². The fourth-order valence-corrected chi connectivity index (χ4v) is 4.97. The molecule has 1 amide bonds. The molecule has 116 valence electrons. The maximum Gasteiger partial charge on any atom is 0.238 e. The van der Waals surface area contributed by atoms with Crippen molar-refractivity contribution < 1.29 is 13.2 Å². The van der Waals surface area contributed by atoms with Gasteiger partial charge in [0.15, 0.2) is 0 Å². The van der Waals surface area contributed by atoms with Crippen LogP contribution in [0.3, 0.4) is 0 Å². The predicted molar refractivity (Wildman–Crippen MR) is 77.8 cm³/mol. The zero-order valence-electron chi connectivity index (χ0n) is 12.1. The summed E-state index contributed by atoms with van der Waals surface area (Å²) in [4.78, 5) is 11.8. The molecule has 2 heterocycles. The normalized spacial score (nSPS) is 25.8. The number of carbonyl (C=O) groups is 1. The zero-order valence-corrected chi connectivity index (χ0v) is 12.9. The second kappa shape index (κ2) is 6.87. The summed E-state index contributed by atoms with van der Waals surface area (Å²) in [7, 11) is -1.76. The van der Waals surface area contributed by atoms with E-state index >= 15 is 0 Å². The quantitative estimate of drug-likeness (QED) is 0.744. The van der Waals surface area contributed by atoms with Gasteiger partial charge in [-0.25, -0.2) is 8.42 Å². The highest BCUT2D eigenvalue weighted by Gasteiger charge is 2.38. The van der Waals surface area contributed by atoms with Gasteiger partial charge in [0.05, 0.1) is 5.75 Å². The lowest BCUT2D eigenvalue weighted by Gasteiger charge is -2.26. The van der Waals surface area contributed by atoms with Crippen molar-refractivity contribution in [2.75, 3.05) is 32.4 Å². The Morgan fingerprint density at radius 3 is 2.65 bits per heavy atom. The lowest BCUT2D eigenvalue weighted by atomic mass is 9.96. The number of piperidine rings is 1.